The van der Waals surface area contributed by atoms with Crippen molar-refractivity contribution in [3.63, 3.8) is 0 Å². The predicted octanol–water partition coefficient (Wildman–Crippen LogP) is 12.5. The van der Waals surface area contributed by atoms with Crippen LogP contribution in [0.4, 0.5) is 0 Å². The van der Waals surface area contributed by atoms with Crippen LogP contribution in [0, 0.1) is 0 Å². The van der Waals surface area contributed by atoms with Crippen LogP contribution in [0.15, 0.2) is 187 Å². The molecule has 59 heavy (non-hydrogen) atoms. The van der Waals surface area contributed by atoms with Crippen LogP contribution >= 0.6 is 11.3 Å². The second kappa shape index (κ2) is 13.5. The van der Waals surface area contributed by atoms with Gasteiger partial charge in [-0.2, -0.15) is 0 Å². The average Bonchev–Trinajstić information content (AvgIpc) is 1.67. The fraction of sp³-hybridized carbons (Fsp3) is 0.143. The lowest BCUT2D eigenvalue weighted by atomic mass is 9.63. The van der Waals surface area contributed by atoms with Gasteiger partial charge >= 0.3 is 0 Å². The van der Waals surface area contributed by atoms with Crippen LogP contribution in [-0.2, 0) is 10.8 Å². The molecule has 8 aromatic carbocycles. The van der Waals surface area contributed by atoms with Crippen molar-refractivity contribution in [2.24, 2.45) is 0 Å². The first-order chi connectivity index (χ1) is 40.4. The second-order valence-electron chi connectivity index (χ2n) is 15.8. The van der Waals surface area contributed by atoms with Crippen molar-refractivity contribution in [2.45, 2.75) is 51.4 Å². The minimum absolute atomic E-state index is 0.0974. The van der Waals surface area contributed by atoms with Crippen molar-refractivity contribution in [1.29, 1.82) is 0 Å². The summed E-state index contributed by atoms with van der Waals surface area (Å²) in [6.45, 7) is 7.81. The van der Waals surface area contributed by atoms with Gasteiger partial charge < -0.3 is 4.57 Å². The average molecular weight is 822 g/mol. The van der Waals surface area contributed by atoms with E-state index < -0.39 is 242 Å². The number of rotatable bonds is 6. The Labute approximate surface area is 391 Å². The molecule has 0 amide bonds. The van der Waals surface area contributed by atoms with E-state index in [1.165, 1.54) is 6.07 Å². The lowest BCUT2D eigenvalue weighted by molar-refractivity contribution is 0.332. The summed E-state index contributed by atoms with van der Waals surface area (Å²) in [6.07, 6.45) is 1.21. The molecular formula is C56H47NSSi. The van der Waals surface area contributed by atoms with E-state index in [9.17, 15) is 27.4 Å². The first-order valence-corrected chi connectivity index (χ1v) is 21.6. The molecule has 0 bridgehead atoms. The molecule has 11 rings (SSSR count). The Morgan fingerprint density at radius 3 is 1.88 bits per heavy atom. The molecule has 0 aliphatic heterocycles. The fourth-order valence-electron chi connectivity index (χ4n) is 8.55. The van der Waals surface area contributed by atoms with Gasteiger partial charge in [0.15, 0.2) is 8.07 Å². The number of thiophene rings is 1. The molecule has 0 unspecified atom stereocenters. The van der Waals surface area contributed by atoms with E-state index in [1.807, 2.05) is 27.7 Å². The molecule has 0 atom stereocenters. The van der Waals surface area contributed by atoms with Gasteiger partial charge in [0.1, 0.15) is 0 Å². The number of fused-ring (bicyclic) bond motifs is 7. The molecular weight excluding hydrogens is 747 g/mol. The maximum absolute atomic E-state index is 10.8. The van der Waals surface area contributed by atoms with Crippen LogP contribution < -0.4 is 20.7 Å². The van der Waals surface area contributed by atoms with Crippen LogP contribution in [0.25, 0.3) is 58.8 Å². The highest BCUT2D eigenvalue weighted by Crippen LogP contribution is 2.46. The number of aromatic nitrogens is 1. The maximum Gasteiger partial charge on any atom is 0.179 e. The summed E-state index contributed by atoms with van der Waals surface area (Å²) >= 11 is 0.692. The van der Waals surface area contributed by atoms with E-state index in [2.05, 4.69) is 0 Å². The first-order valence-electron chi connectivity index (χ1n) is 32.8. The third-order valence-electron chi connectivity index (χ3n) is 11.6. The molecule has 2 heterocycles. The predicted molar refractivity (Wildman–Crippen MR) is 258 cm³/mol. The van der Waals surface area contributed by atoms with E-state index in [1.54, 1.807) is 12.1 Å². The van der Waals surface area contributed by atoms with E-state index >= 15 is 0 Å². The Bertz CT molecular complexity index is 4740. The van der Waals surface area contributed by atoms with Crippen molar-refractivity contribution in [2.75, 3.05) is 0 Å². The molecule has 0 spiro atoms. The van der Waals surface area contributed by atoms with Gasteiger partial charge in [-0.25, -0.2) is 0 Å². The standard InChI is InChI=1S/C56H47NSSi/c1-55(2)33-34-56(3,4)49-37-43(30-31-48(49)55)59(40-18-7-5-8-19-40,41-20-9-6-10-21-41)42-22-15-17-39(36-42)57-50-26-13-11-24-46(50)54-44(25-16-27-51(54)57)38-29-32-53-47(35-38)45-23-12-14-28-52(45)58-53/h5-32,35-37H,33-34H2,1-4H3/i5D,6D,7D,8D,9D,10D,11D,12D,13D,14D,15D,16D,17D,18D,19D,20D,21D,22D,23D,24D,25D,26D,27D,28D,29D,32D,35D,36D. The van der Waals surface area contributed by atoms with Gasteiger partial charge in [0.25, 0.3) is 0 Å². The number of hydrogen-bond acceptors (Lipinski definition) is 1. The van der Waals surface area contributed by atoms with Crippen LogP contribution in [0.1, 0.15) is 90.0 Å². The molecule has 0 saturated carbocycles. The maximum atomic E-state index is 10.8. The Morgan fingerprint density at radius 1 is 0.508 bits per heavy atom. The van der Waals surface area contributed by atoms with Crippen molar-refractivity contribution in [3.05, 3.63) is 199 Å². The van der Waals surface area contributed by atoms with E-state index in [0.717, 1.165) is 10.1 Å². The summed E-state index contributed by atoms with van der Waals surface area (Å²) in [4.78, 5) is 0. The SMILES string of the molecule is [2H]c1c([2H])c([2H])c([Si](c2ccc3c(c2)C(C)(C)CCC3(C)C)(c2c([2H])c([2H])c([2H])c([2H])c2[2H])c2c([2H])c([2H])c([2H])c(-n3c4c([2H])c([2H])c([2H])c([2H])c4c4c(-c5c([2H])c([2H])c6sc7c([2H])c([2H])c([2H])c([2H])c7c6c5[2H])c([2H])c([2H])c([2H])c43)c2[2H])c([2H])c1[2H]. The van der Waals surface area contributed by atoms with Crippen molar-refractivity contribution >= 4 is 82.1 Å². The molecule has 286 valence electrons. The quantitative estimate of drug-likeness (QED) is 0.116. The molecule has 1 aliphatic carbocycles. The number of nitrogens with zero attached hydrogens (tertiary/aromatic N) is 1. The number of hydrogen-bond donors (Lipinski definition) is 0. The van der Waals surface area contributed by atoms with Crippen LogP contribution in [0.2, 0.25) is 0 Å². The van der Waals surface area contributed by atoms with Crippen LogP contribution in [-0.4, -0.2) is 12.6 Å². The molecule has 0 N–H and O–H groups in total. The van der Waals surface area contributed by atoms with Gasteiger partial charge in [0, 0.05) is 36.6 Å². The second-order valence-corrected chi connectivity index (χ2v) is 20.4. The van der Waals surface area contributed by atoms with E-state index in [4.69, 9.17) is 11.0 Å². The largest absolute Gasteiger partial charge is 0.309 e. The van der Waals surface area contributed by atoms with Crippen molar-refractivity contribution in [3.8, 4) is 16.8 Å². The molecule has 0 saturated heterocycles. The molecule has 2 aromatic heterocycles. The van der Waals surface area contributed by atoms with Gasteiger partial charge in [0.05, 0.1) is 49.4 Å². The first kappa shape index (κ1) is 17.3. The Kier molecular flexibility index (Phi) is 3.97. The van der Waals surface area contributed by atoms with Gasteiger partial charge in [0.2, 0.25) is 0 Å². The van der Waals surface area contributed by atoms with Gasteiger partial charge in [-0.15, -0.1) is 11.3 Å². The Morgan fingerprint density at radius 2 is 1.12 bits per heavy atom. The smallest absolute Gasteiger partial charge is 0.179 e. The minimum Gasteiger partial charge on any atom is -0.309 e. The monoisotopic (exact) mass is 821 g/mol. The molecule has 0 fully saturated rings. The molecule has 1 nitrogen and oxygen atoms in total. The van der Waals surface area contributed by atoms with Crippen molar-refractivity contribution in [1.82, 2.24) is 4.57 Å². The molecule has 3 heteroatoms. The fourth-order valence-corrected chi connectivity index (χ4v) is 13.3. The van der Waals surface area contributed by atoms with Gasteiger partial charge in [-0.1, -0.05) is 173 Å². The Hall–Kier alpha value is -6.00. The summed E-state index contributed by atoms with van der Waals surface area (Å²) in [5.74, 6) is 0. The lowest BCUT2D eigenvalue weighted by Gasteiger charge is -2.43. The zero-order valence-corrected chi connectivity index (χ0v) is 33.8. The molecule has 1 aliphatic rings. The molecule has 0 radical (unpaired) electrons. The summed E-state index contributed by atoms with van der Waals surface area (Å²) in [5.41, 5.74) is -3.70. The lowest BCUT2D eigenvalue weighted by Crippen LogP contribution is -2.75. The summed E-state index contributed by atoms with van der Waals surface area (Å²) in [6, 6.07) is -20.9. The van der Waals surface area contributed by atoms with E-state index in [0.29, 0.717) is 29.7 Å². The summed E-state index contributed by atoms with van der Waals surface area (Å²) < 4.78 is 264. The zero-order chi connectivity index (χ0) is 64.3. The molecule has 10 aromatic rings. The summed E-state index contributed by atoms with van der Waals surface area (Å²) in [5, 5.41) is -4.20. The van der Waals surface area contributed by atoms with Gasteiger partial charge in [-0.05, 0) is 109 Å². The highest BCUT2D eigenvalue weighted by molar-refractivity contribution is 7.25. The Balaban J connectivity index is 1.45. The highest BCUT2D eigenvalue weighted by Gasteiger charge is 2.44. The van der Waals surface area contributed by atoms with Crippen LogP contribution in [0.5, 0.6) is 0 Å². The number of para-hydroxylation sites is 1. The third kappa shape index (κ3) is 5.55. The zero-order valence-electron chi connectivity index (χ0n) is 60.0. The third-order valence-corrected chi connectivity index (χ3v) is 16.8. The van der Waals surface area contributed by atoms with Crippen LogP contribution in [0.3, 0.4) is 0 Å². The topological polar surface area (TPSA) is 4.93 Å². The summed E-state index contributed by atoms with van der Waals surface area (Å²) in [7, 11) is -5.84. The normalized spacial score (nSPS) is 21.6. The van der Waals surface area contributed by atoms with Crippen molar-refractivity contribution < 1.29 is 38.4 Å². The minimum atomic E-state index is -5.84. The number of benzene rings is 8. The highest BCUT2D eigenvalue weighted by atomic mass is 32.1. The van der Waals surface area contributed by atoms with E-state index in [-0.39, 0.29) is 25.4 Å². The van der Waals surface area contributed by atoms with Gasteiger partial charge in [-0.3, -0.25) is 0 Å².